The summed E-state index contributed by atoms with van der Waals surface area (Å²) in [4.78, 5) is 16.4. The molecule has 0 radical (unpaired) electrons. The standard InChI is InChI=1S/C20H32N4O2.C2H6/c1-20(2,3)26-19(25)24-14-12-23(13-15-24)17-7-5-6-16(8-9-17)18-10-11-22(4)21-18;1-2/h7-11,16,18,21H,5-6,12-15H2,1-4H3;1-2H3. The van der Waals surface area contributed by atoms with Gasteiger partial charge in [-0.05, 0) is 51.7 Å². The van der Waals surface area contributed by atoms with Gasteiger partial charge in [0.1, 0.15) is 5.60 Å². The van der Waals surface area contributed by atoms with E-state index in [0.717, 1.165) is 25.9 Å². The highest BCUT2D eigenvalue weighted by molar-refractivity contribution is 5.68. The summed E-state index contributed by atoms with van der Waals surface area (Å²) >= 11 is 0. The third-order valence-corrected chi connectivity index (χ3v) is 5.00. The van der Waals surface area contributed by atoms with Crippen LogP contribution in [0.25, 0.3) is 0 Å². The largest absolute Gasteiger partial charge is 0.444 e. The van der Waals surface area contributed by atoms with E-state index in [4.69, 9.17) is 4.74 Å². The van der Waals surface area contributed by atoms with Crippen LogP contribution >= 0.6 is 0 Å². The Hall–Kier alpha value is -1.95. The summed E-state index contributed by atoms with van der Waals surface area (Å²) in [5.74, 6) is 0.507. The molecule has 2 heterocycles. The van der Waals surface area contributed by atoms with Crippen molar-refractivity contribution < 1.29 is 9.53 Å². The summed E-state index contributed by atoms with van der Waals surface area (Å²) < 4.78 is 5.48. The molecule has 2 atom stereocenters. The normalized spacial score (nSPS) is 25.1. The lowest BCUT2D eigenvalue weighted by Crippen LogP contribution is -2.49. The number of allylic oxidation sites excluding steroid dienone is 2. The fraction of sp³-hybridized carbons (Fsp3) is 0.682. The first kappa shape index (κ1) is 22.3. The molecule has 1 saturated heterocycles. The maximum absolute atomic E-state index is 12.2. The molecule has 2 unspecified atom stereocenters. The van der Waals surface area contributed by atoms with Crippen LogP contribution in [0, 0.1) is 5.92 Å². The van der Waals surface area contributed by atoms with Crippen LogP contribution in [0.15, 0.2) is 36.2 Å². The van der Waals surface area contributed by atoms with E-state index in [2.05, 4.69) is 40.8 Å². The minimum absolute atomic E-state index is 0.203. The molecule has 6 heteroatoms. The van der Waals surface area contributed by atoms with Crippen molar-refractivity contribution >= 4 is 6.09 Å². The second kappa shape index (κ2) is 10.0. The van der Waals surface area contributed by atoms with E-state index in [-0.39, 0.29) is 6.09 Å². The molecule has 2 aliphatic heterocycles. The Morgan fingerprint density at radius 1 is 1.14 bits per heavy atom. The van der Waals surface area contributed by atoms with Crippen LogP contribution in [-0.4, -0.2) is 65.8 Å². The molecule has 1 N–H and O–H groups in total. The topological polar surface area (TPSA) is 48.0 Å². The van der Waals surface area contributed by atoms with Crippen molar-refractivity contribution in [2.75, 3.05) is 33.2 Å². The molecule has 0 aromatic carbocycles. The summed E-state index contributed by atoms with van der Waals surface area (Å²) in [5.41, 5.74) is 4.30. The molecule has 1 fully saturated rings. The molecule has 158 valence electrons. The first-order valence-electron chi connectivity index (χ1n) is 10.6. The van der Waals surface area contributed by atoms with Crippen LogP contribution in [0.1, 0.15) is 47.5 Å². The van der Waals surface area contributed by atoms with E-state index in [0.29, 0.717) is 25.0 Å². The van der Waals surface area contributed by atoms with Gasteiger partial charge in [0, 0.05) is 45.1 Å². The Kier molecular flexibility index (Phi) is 7.98. The number of carbonyl (C=O) groups excluding carboxylic acids is 1. The van der Waals surface area contributed by atoms with Crippen molar-refractivity contribution in [3.63, 3.8) is 0 Å². The Balaban J connectivity index is 0.00000136. The highest BCUT2D eigenvalue weighted by Gasteiger charge is 2.27. The molecule has 0 aromatic rings. The Morgan fingerprint density at radius 2 is 1.82 bits per heavy atom. The third kappa shape index (κ3) is 6.30. The van der Waals surface area contributed by atoms with Crippen LogP contribution < -0.4 is 5.43 Å². The lowest BCUT2D eigenvalue weighted by molar-refractivity contribution is 0.0171. The van der Waals surface area contributed by atoms with Crippen LogP contribution in [-0.2, 0) is 4.74 Å². The van der Waals surface area contributed by atoms with Crippen molar-refractivity contribution in [2.45, 2.75) is 59.1 Å². The number of rotatable bonds is 2. The van der Waals surface area contributed by atoms with Gasteiger partial charge in [-0.25, -0.2) is 10.2 Å². The lowest BCUT2D eigenvalue weighted by atomic mass is 9.96. The molecule has 3 rings (SSSR count). The van der Waals surface area contributed by atoms with Crippen molar-refractivity contribution in [1.82, 2.24) is 20.2 Å². The highest BCUT2D eigenvalue weighted by atomic mass is 16.6. The van der Waals surface area contributed by atoms with Gasteiger partial charge in [-0.15, -0.1) is 0 Å². The second-order valence-electron chi connectivity index (χ2n) is 8.29. The van der Waals surface area contributed by atoms with Crippen LogP contribution in [0.4, 0.5) is 4.79 Å². The average Bonchev–Trinajstić information content (AvgIpc) is 2.94. The van der Waals surface area contributed by atoms with Gasteiger partial charge in [-0.2, -0.15) is 0 Å². The zero-order valence-corrected chi connectivity index (χ0v) is 18.4. The van der Waals surface area contributed by atoms with E-state index >= 15 is 0 Å². The zero-order chi connectivity index (χ0) is 20.7. The van der Waals surface area contributed by atoms with Gasteiger partial charge in [0.2, 0.25) is 0 Å². The summed E-state index contributed by atoms with van der Waals surface area (Å²) in [5, 5.41) is 2.02. The number of carbonyl (C=O) groups is 1. The minimum Gasteiger partial charge on any atom is -0.444 e. The summed E-state index contributed by atoms with van der Waals surface area (Å²) in [7, 11) is 2.03. The highest BCUT2D eigenvalue weighted by Crippen LogP contribution is 2.24. The van der Waals surface area contributed by atoms with E-state index in [1.54, 1.807) is 0 Å². The average molecular weight is 391 g/mol. The smallest absolute Gasteiger partial charge is 0.410 e. The lowest BCUT2D eigenvalue weighted by Gasteiger charge is -2.37. The fourth-order valence-corrected chi connectivity index (χ4v) is 3.60. The molecule has 0 bridgehead atoms. The second-order valence-corrected chi connectivity index (χ2v) is 8.29. The first-order chi connectivity index (χ1) is 13.3. The molecule has 3 aliphatic rings. The molecular formula is C22H38N4O2. The predicted molar refractivity (Wildman–Crippen MR) is 115 cm³/mol. The number of amides is 1. The Morgan fingerprint density at radius 3 is 2.39 bits per heavy atom. The number of ether oxygens (including phenoxy) is 1. The predicted octanol–water partition coefficient (Wildman–Crippen LogP) is 3.75. The number of nitrogens with zero attached hydrogens (tertiary/aromatic N) is 3. The molecule has 1 aliphatic carbocycles. The Labute approximate surface area is 170 Å². The molecule has 28 heavy (non-hydrogen) atoms. The van der Waals surface area contributed by atoms with Crippen molar-refractivity contribution in [2.24, 2.45) is 5.92 Å². The van der Waals surface area contributed by atoms with E-state index in [9.17, 15) is 4.79 Å². The van der Waals surface area contributed by atoms with E-state index in [1.807, 2.05) is 51.6 Å². The van der Waals surface area contributed by atoms with Crippen LogP contribution in [0.5, 0.6) is 0 Å². The summed E-state index contributed by atoms with van der Waals surface area (Å²) in [6.45, 7) is 12.8. The number of nitrogens with one attached hydrogen (secondary N) is 1. The third-order valence-electron chi connectivity index (χ3n) is 5.00. The van der Waals surface area contributed by atoms with Crippen molar-refractivity contribution in [3.05, 3.63) is 36.2 Å². The van der Waals surface area contributed by atoms with Gasteiger partial charge in [-0.3, -0.25) is 0 Å². The Bertz CT molecular complexity index is 598. The summed E-state index contributed by atoms with van der Waals surface area (Å²) in [6, 6.07) is 0.382. The van der Waals surface area contributed by atoms with Gasteiger partial charge < -0.3 is 19.5 Å². The number of hydrogen-bond donors (Lipinski definition) is 1. The van der Waals surface area contributed by atoms with Gasteiger partial charge in [0.05, 0.1) is 6.04 Å². The fourth-order valence-electron chi connectivity index (χ4n) is 3.60. The first-order valence-corrected chi connectivity index (χ1v) is 10.6. The molecule has 0 aromatic heterocycles. The van der Waals surface area contributed by atoms with Gasteiger partial charge >= 0.3 is 6.09 Å². The molecular weight excluding hydrogens is 352 g/mol. The van der Waals surface area contributed by atoms with Crippen LogP contribution in [0.3, 0.4) is 0 Å². The molecule has 0 spiro atoms. The maximum atomic E-state index is 12.2. The number of hydrazine groups is 1. The van der Waals surface area contributed by atoms with Gasteiger partial charge in [-0.1, -0.05) is 26.0 Å². The molecule has 6 nitrogen and oxygen atoms in total. The van der Waals surface area contributed by atoms with Crippen LogP contribution in [0.2, 0.25) is 0 Å². The maximum Gasteiger partial charge on any atom is 0.410 e. The monoisotopic (exact) mass is 390 g/mol. The summed E-state index contributed by atoms with van der Waals surface area (Å²) in [6.07, 6.45) is 13.3. The van der Waals surface area contributed by atoms with Gasteiger partial charge in [0.15, 0.2) is 0 Å². The quantitative estimate of drug-likeness (QED) is 0.778. The SMILES string of the molecule is CC.CN1C=CC(C2C=CC(N3CCN(C(=O)OC(C)(C)C)CC3)=CCC2)N1. The zero-order valence-electron chi connectivity index (χ0n) is 18.4. The number of piperazine rings is 1. The van der Waals surface area contributed by atoms with E-state index in [1.165, 1.54) is 5.70 Å². The van der Waals surface area contributed by atoms with Crippen molar-refractivity contribution in [1.29, 1.82) is 0 Å². The molecule has 1 amide bonds. The number of hydrogen-bond acceptors (Lipinski definition) is 5. The van der Waals surface area contributed by atoms with Crippen molar-refractivity contribution in [3.8, 4) is 0 Å². The van der Waals surface area contributed by atoms with E-state index < -0.39 is 5.60 Å². The van der Waals surface area contributed by atoms with Gasteiger partial charge in [0.25, 0.3) is 0 Å². The minimum atomic E-state index is -0.438. The molecule has 0 saturated carbocycles.